The summed E-state index contributed by atoms with van der Waals surface area (Å²) in [4.78, 5) is 26.7. The number of nitrogen functional groups attached to an aromatic ring is 1. The smallest absolute Gasteiger partial charge is 0.276 e. The predicted molar refractivity (Wildman–Crippen MR) is 142 cm³/mol. The Morgan fingerprint density at radius 1 is 1.08 bits per heavy atom. The van der Waals surface area contributed by atoms with Crippen molar-refractivity contribution in [1.82, 2.24) is 14.9 Å². The Labute approximate surface area is 211 Å². The second kappa shape index (κ2) is 11.0. The van der Waals surface area contributed by atoms with Gasteiger partial charge in [-0.05, 0) is 36.6 Å². The van der Waals surface area contributed by atoms with E-state index in [1.807, 2.05) is 24.3 Å². The fraction of sp³-hybridized carbons (Fsp3) is 0.370. The van der Waals surface area contributed by atoms with E-state index in [0.29, 0.717) is 17.1 Å². The zero-order valence-corrected chi connectivity index (χ0v) is 20.4. The van der Waals surface area contributed by atoms with Gasteiger partial charge >= 0.3 is 0 Å². The molecule has 4 heterocycles. The van der Waals surface area contributed by atoms with Gasteiger partial charge in [0.2, 0.25) is 0 Å². The van der Waals surface area contributed by atoms with Crippen LogP contribution in [0.25, 0.3) is 11.3 Å². The van der Waals surface area contributed by atoms with Crippen LogP contribution in [0.15, 0.2) is 54.9 Å². The third-order valence-electron chi connectivity index (χ3n) is 6.75. The Bertz CT molecular complexity index is 1190. The molecule has 36 heavy (non-hydrogen) atoms. The topological polar surface area (TPSA) is 123 Å². The van der Waals surface area contributed by atoms with Gasteiger partial charge in [0.25, 0.3) is 5.91 Å². The van der Waals surface area contributed by atoms with Crippen LogP contribution in [-0.2, 0) is 11.3 Å². The number of benzene rings is 1. The standard InChI is InChI=1S/C27H33N7O2/c28-21-2-1-11-34(18-21)25-9-10-30-16-24(25)32-27(35)26-22(29)7-8-23(31-26)20-5-3-19(4-6-20)17-33-12-14-36-15-13-33/h3-10,16,21H,1-2,11-15,17-18,28-29H2,(H,32,35)/t21-/m0/s1. The molecular weight excluding hydrogens is 454 g/mol. The number of morpholine rings is 1. The number of aromatic nitrogens is 2. The van der Waals surface area contributed by atoms with E-state index in [1.165, 1.54) is 5.56 Å². The first-order valence-corrected chi connectivity index (χ1v) is 12.5. The molecule has 2 fully saturated rings. The molecule has 0 saturated carbocycles. The minimum absolute atomic E-state index is 0.115. The average Bonchev–Trinajstić information content (AvgIpc) is 2.90. The number of nitrogens with one attached hydrogen (secondary N) is 1. The van der Waals surface area contributed by atoms with E-state index in [9.17, 15) is 4.79 Å². The van der Waals surface area contributed by atoms with Crippen LogP contribution < -0.4 is 21.7 Å². The molecule has 9 nitrogen and oxygen atoms in total. The summed E-state index contributed by atoms with van der Waals surface area (Å²) in [5.74, 6) is -0.367. The van der Waals surface area contributed by atoms with Gasteiger partial charge in [-0.3, -0.25) is 14.7 Å². The predicted octanol–water partition coefficient (Wildman–Crippen LogP) is 2.74. The normalized spacial score (nSPS) is 18.7. The molecule has 0 bridgehead atoms. The van der Waals surface area contributed by atoms with Crippen LogP contribution in [-0.4, -0.2) is 66.2 Å². The first-order valence-electron chi connectivity index (χ1n) is 12.5. The Morgan fingerprint density at radius 3 is 2.67 bits per heavy atom. The highest BCUT2D eigenvalue weighted by atomic mass is 16.5. The van der Waals surface area contributed by atoms with Crippen LogP contribution in [0.4, 0.5) is 17.1 Å². The van der Waals surface area contributed by atoms with Crippen molar-refractivity contribution in [2.75, 3.05) is 55.3 Å². The van der Waals surface area contributed by atoms with Crippen molar-refractivity contribution in [3.05, 3.63) is 66.1 Å². The van der Waals surface area contributed by atoms with Crippen molar-refractivity contribution in [3.8, 4) is 11.3 Å². The molecule has 2 aliphatic heterocycles. The molecular formula is C27H33N7O2. The number of pyridine rings is 2. The van der Waals surface area contributed by atoms with Crippen molar-refractivity contribution in [3.63, 3.8) is 0 Å². The molecule has 2 aliphatic rings. The zero-order chi connectivity index (χ0) is 24.9. The lowest BCUT2D eigenvalue weighted by Crippen LogP contribution is -2.43. The highest BCUT2D eigenvalue weighted by Crippen LogP contribution is 2.28. The molecule has 0 spiro atoms. The van der Waals surface area contributed by atoms with E-state index in [0.717, 1.165) is 70.0 Å². The van der Waals surface area contributed by atoms with Crippen LogP contribution in [0.2, 0.25) is 0 Å². The molecule has 2 aromatic heterocycles. The van der Waals surface area contributed by atoms with E-state index >= 15 is 0 Å². The van der Waals surface area contributed by atoms with Gasteiger partial charge < -0.3 is 26.4 Å². The fourth-order valence-corrected chi connectivity index (χ4v) is 4.78. The van der Waals surface area contributed by atoms with Crippen molar-refractivity contribution in [2.24, 2.45) is 5.73 Å². The summed E-state index contributed by atoms with van der Waals surface area (Å²) in [5, 5.41) is 2.97. The maximum Gasteiger partial charge on any atom is 0.276 e. The van der Waals surface area contributed by atoms with E-state index in [-0.39, 0.29) is 17.6 Å². The molecule has 5 rings (SSSR count). The van der Waals surface area contributed by atoms with Crippen molar-refractivity contribution >= 4 is 23.0 Å². The number of anilines is 3. The van der Waals surface area contributed by atoms with Crippen LogP contribution in [0, 0.1) is 0 Å². The minimum Gasteiger partial charge on any atom is -0.397 e. The molecule has 0 aliphatic carbocycles. The second-order valence-corrected chi connectivity index (χ2v) is 9.42. The Balaban J connectivity index is 1.32. The Kier molecular flexibility index (Phi) is 7.41. The van der Waals surface area contributed by atoms with Gasteiger partial charge in [-0.2, -0.15) is 0 Å². The summed E-state index contributed by atoms with van der Waals surface area (Å²) >= 11 is 0. The molecule has 1 aromatic carbocycles. The van der Waals surface area contributed by atoms with Crippen LogP contribution in [0.1, 0.15) is 28.9 Å². The van der Waals surface area contributed by atoms with Gasteiger partial charge in [-0.1, -0.05) is 24.3 Å². The molecule has 5 N–H and O–H groups in total. The number of nitrogens with zero attached hydrogens (tertiary/aromatic N) is 4. The number of hydrogen-bond acceptors (Lipinski definition) is 8. The molecule has 1 atom stereocenters. The quantitative estimate of drug-likeness (QED) is 0.485. The van der Waals surface area contributed by atoms with Crippen molar-refractivity contribution < 1.29 is 9.53 Å². The number of carbonyl (C=O) groups is 1. The van der Waals surface area contributed by atoms with E-state index in [2.05, 4.69) is 37.2 Å². The monoisotopic (exact) mass is 487 g/mol. The number of carbonyl (C=O) groups excluding carboxylic acids is 1. The molecule has 9 heteroatoms. The van der Waals surface area contributed by atoms with Crippen LogP contribution >= 0.6 is 0 Å². The van der Waals surface area contributed by atoms with Crippen LogP contribution in [0.3, 0.4) is 0 Å². The van der Waals surface area contributed by atoms with Crippen molar-refractivity contribution in [1.29, 1.82) is 0 Å². The summed E-state index contributed by atoms with van der Waals surface area (Å²) in [6.45, 7) is 5.98. The molecule has 0 radical (unpaired) electrons. The van der Waals surface area contributed by atoms with Gasteiger partial charge in [0.05, 0.1) is 42.2 Å². The first-order chi connectivity index (χ1) is 17.6. The summed E-state index contributed by atoms with van der Waals surface area (Å²) in [6.07, 6.45) is 5.39. The minimum atomic E-state index is -0.367. The van der Waals surface area contributed by atoms with Crippen LogP contribution in [0.5, 0.6) is 0 Å². The second-order valence-electron chi connectivity index (χ2n) is 9.42. The zero-order valence-electron chi connectivity index (χ0n) is 20.4. The molecule has 0 unspecified atom stereocenters. The molecule has 3 aromatic rings. The highest BCUT2D eigenvalue weighted by Gasteiger charge is 2.21. The van der Waals surface area contributed by atoms with Gasteiger partial charge in [-0.15, -0.1) is 0 Å². The Hall–Kier alpha value is -3.53. The number of rotatable bonds is 6. The number of nitrogens with two attached hydrogens (primary N) is 2. The lowest BCUT2D eigenvalue weighted by atomic mass is 10.1. The van der Waals surface area contributed by atoms with Gasteiger partial charge in [0.1, 0.15) is 0 Å². The maximum absolute atomic E-state index is 13.3. The number of amides is 1. The van der Waals surface area contributed by atoms with Gasteiger partial charge in [-0.25, -0.2) is 4.98 Å². The largest absolute Gasteiger partial charge is 0.397 e. The third-order valence-corrected chi connectivity index (χ3v) is 6.75. The molecule has 188 valence electrons. The maximum atomic E-state index is 13.3. The molecule has 1 amide bonds. The van der Waals surface area contributed by atoms with E-state index < -0.39 is 0 Å². The van der Waals surface area contributed by atoms with E-state index in [4.69, 9.17) is 16.2 Å². The number of piperidine rings is 1. The highest BCUT2D eigenvalue weighted by molar-refractivity contribution is 6.07. The van der Waals surface area contributed by atoms with Gasteiger partial charge in [0, 0.05) is 50.5 Å². The Morgan fingerprint density at radius 2 is 1.89 bits per heavy atom. The third kappa shape index (κ3) is 5.64. The lowest BCUT2D eigenvalue weighted by Gasteiger charge is -2.33. The average molecular weight is 488 g/mol. The summed E-state index contributed by atoms with van der Waals surface area (Å²) < 4.78 is 5.43. The summed E-state index contributed by atoms with van der Waals surface area (Å²) in [6, 6.07) is 13.9. The van der Waals surface area contributed by atoms with Crippen molar-refractivity contribution in [2.45, 2.75) is 25.4 Å². The SMILES string of the molecule is Nc1ccc(-c2ccc(CN3CCOCC3)cc2)nc1C(=O)Nc1cnccc1N1CCC[C@H](N)C1. The van der Waals surface area contributed by atoms with E-state index in [1.54, 1.807) is 18.5 Å². The lowest BCUT2D eigenvalue weighted by molar-refractivity contribution is 0.0342. The first kappa shape index (κ1) is 24.2. The summed E-state index contributed by atoms with van der Waals surface area (Å²) in [5.41, 5.74) is 17.2. The number of ether oxygens (including phenoxy) is 1. The number of hydrogen-bond donors (Lipinski definition) is 3. The fourth-order valence-electron chi connectivity index (χ4n) is 4.78. The molecule has 2 saturated heterocycles. The summed E-state index contributed by atoms with van der Waals surface area (Å²) in [7, 11) is 0. The van der Waals surface area contributed by atoms with Gasteiger partial charge in [0.15, 0.2) is 5.69 Å².